The predicted octanol–water partition coefficient (Wildman–Crippen LogP) is 0.601. The van der Waals surface area contributed by atoms with Gasteiger partial charge in [0.15, 0.2) is 17.4 Å². The number of nitrogens with one attached hydrogen (secondary N) is 2. The summed E-state index contributed by atoms with van der Waals surface area (Å²) in [4.78, 5) is 18.8. The first-order valence-corrected chi connectivity index (χ1v) is 12.8. The molecular formula is C12H26N4O2Si2. The average molecular weight is 315 g/mol. The molecule has 114 valence electrons. The van der Waals surface area contributed by atoms with Crippen LogP contribution >= 0.6 is 0 Å². The van der Waals surface area contributed by atoms with Crippen LogP contribution in [0.25, 0.3) is 0 Å². The second-order valence-electron chi connectivity index (χ2n) is 5.99. The summed E-state index contributed by atoms with van der Waals surface area (Å²) in [5, 5.41) is 2.88. The van der Waals surface area contributed by atoms with Crippen molar-refractivity contribution in [3.8, 4) is 0 Å². The molecule has 8 heteroatoms. The molecule has 0 radical (unpaired) electrons. The van der Waals surface area contributed by atoms with E-state index in [1.165, 1.54) is 0 Å². The summed E-state index contributed by atoms with van der Waals surface area (Å²) >= 11 is 0. The maximum absolute atomic E-state index is 11.8. The fourth-order valence-corrected chi connectivity index (χ4v) is 7.76. The average Bonchev–Trinajstić information content (AvgIpc) is 2.79. The van der Waals surface area contributed by atoms with Crippen molar-refractivity contribution >= 4 is 23.3 Å². The zero-order valence-electron chi connectivity index (χ0n) is 12.8. The highest BCUT2D eigenvalue weighted by atomic mass is 28.4. The van der Waals surface area contributed by atoms with Gasteiger partial charge >= 0.3 is 0 Å². The van der Waals surface area contributed by atoms with Crippen LogP contribution in [-0.4, -0.2) is 45.8 Å². The molecule has 0 saturated carbocycles. The zero-order chi connectivity index (χ0) is 15.2. The topological polar surface area (TPSA) is 93.0 Å². The minimum absolute atomic E-state index is 0.123. The molecule has 0 bridgehead atoms. The Kier molecular flexibility index (Phi) is 6.60. The summed E-state index contributed by atoms with van der Waals surface area (Å²) in [5.41, 5.74) is 6.65. The Labute approximate surface area is 123 Å². The predicted molar refractivity (Wildman–Crippen MR) is 85.5 cm³/mol. The van der Waals surface area contributed by atoms with Gasteiger partial charge in [-0.2, -0.15) is 0 Å². The molecule has 0 spiro atoms. The fourth-order valence-electron chi connectivity index (χ4n) is 1.91. The smallest absolute Gasteiger partial charge is 0.237 e. The Morgan fingerprint density at radius 3 is 2.85 bits per heavy atom. The lowest BCUT2D eigenvalue weighted by Crippen LogP contribution is -2.43. The second kappa shape index (κ2) is 7.72. The first kappa shape index (κ1) is 17.1. The number of hydrogen-bond acceptors (Lipinski definition) is 4. The number of rotatable bonds is 8. The van der Waals surface area contributed by atoms with Gasteiger partial charge in [-0.15, -0.1) is 0 Å². The maximum Gasteiger partial charge on any atom is 0.237 e. The van der Waals surface area contributed by atoms with E-state index in [1.807, 2.05) is 0 Å². The number of carbonyl (C=O) groups excluding carboxylic acids is 1. The Balaban J connectivity index is 2.22. The van der Waals surface area contributed by atoms with Gasteiger partial charge in [-0.05, 0) is 32.2 Å². The minimum Gasteiger partial charge on any atom is -0.458 e. The number of H-pyrrole nitrogens is 1. The maximum atomic E-state index is 11.8. The van der Waals surface area contributed by atoms with E-state index in [4.69, 9.17) is 9.85 Å². The van der Waals surface area contributed by atoms with Crippen LogP contribution in [-0.2, 0) is 15.3 Å². The van der Waals surface area contributed by atoms with Gasteiger partial charge < -0.3 is 20.1 Å². The van der Waals surface area contributed by atoms with Gasteiger partial charge in [0.1, 0.15) is 0 Å². The first-order valence-electron chi connectivity index (χ1n) is 6.96. The number of carbonyl (C=O) groups is 1. The molecule has 2 atom stereocenters. The zero-order valence-corrected chi connectivity index (χ0v) is 14.9. The molecule has 1 heterocycles. The summed E-state index contributed by atoms with van der Waals surface area (Å²) in [6, 6.07) is 0.388. The standard InChI is InChI=1S/C12H26N4O2Si2/c1-19(18-20(2,3)4)6-5-15-12(17)11(13)7-10-8-14-9-16-10/h8-9,11,19H,5-7,13H2,1-4H3,(H,14,16)(H,15,17)/t11-,19?/m0/s1. The van der Waals surface area contributed by atoms with Crippen molar-refractivity contribution in [1.29, 1.82) is 0 Å². The fraction of sp³-hybridized carbons (Fsp3) is 0.667. The van der Waals surface area contributed by atoms with Gasteiger partial charge in [0, 0.05) is 19.2 Å². The van der Waals surface area contributed by atoms with Crippen LogP contribution in [0.4, 0.5) is 0 Å². The highest BCUT2D eigenvalue weighted by Crippen LogP contribution is 2.07. The van der Waals surface area contributed by atoms with Gasteiger partial charge in [-0.3, -0.25) is 4.79 Å². The van der Waals surface area contributed by atoms with Gasteiger partial charge in [0.25, 0.3) is 0 Å². The number of aromatic nitrogens is 2. The molecule has 6 nitrogen and oxygen atoms in total. The molecule has 1 aromatic heterocycles. The molecule has 0 aromatic carbocycles. The molecular weight excluding hydrogens is 288 g/mol. The van der Waals surface area contributed by atoms with Crippen LogP contribution in [0.1, 0.15) is 5.69 Å². The largest absolute Gasteiger partial charge is 0.458 e. The number of hydrogen-bond donors (Lipinski definition) is 3. The SMILES string of the molecule is C[SiH](CCNC(=O)[C@@H](N)Cc1c[nH]cn1)O[Si](C)(C)C. The number of nitrogens with zero attached hydrogens (tertiary/aromatic N) is 1. The molecule has 0 aliphatic heterocycles. The molecule has 0 aliphatic rings. The van der Waals surface area contributed by atoms with Crippen LogP contribution in [0.2, 0.25) is 32.2 Å². The molecule has 0 aliphatic carbocycles. The normalized spacial score (nSPS) is 14.8. The molecule has 0 fully saturated rings. The van der Waals surface area contributed by atoms with Crippen molar-refractivity contribution in [3.63, 3.8) is 0 Å². The molecule has 1 unspecified atom stereocenters. The third-order valence-electron chi connectivity index (χ3n) is 2.73. The monoisotopic (exact) mass is 314 g/mol. The Hall–Kier alpha value is -0.966. The van der Waals surface area contributed by atoms with Crippen molar-refractivity contribution < 1.29 is 8.91 Å². The van der Waals surface area contributed by atoms with E-state index < -0.39 is 23.4 Å². The lowest BCUT2D eigenvalue weighted by atomic mass is 10.1. The van der Waals surface area contributed by atoms with Crippen molar-refractivity contribution in [1.82, 2.24) is 15.3 Å². The summed E-state index contributed by atoms with van der Waals surface area (Å²) < 4.78 is 6.05. The number of aromatic amines is 1. The summed E-state index contributed by atoms with van der Waals surface area (Å²) in [6.07, 6.45) is 3.79. The van der Waals surface area contributed by atoms with E-state index in [0.717, 1.165) is 11.7 Å². The van der Waals surface area contributed by atoms with Crippen LogP contribution in [0.5, 0.6) is 0 Å². The van der Waals surface area contributed by atoms with E-state index >= 15 is 0 Å². The quantitative estimate of drug-likeness (QED) is 0.613. The minimum atomic E-state index is -1.45. The van der Waals surface area contributed by atoms with Crippen molar-refractivity contribution in [2.75, 3.05) is 6.54 Å². The highest BCUT2D eigenvalue weighted by Gasteiger charge is 2.19. The Morgan fingerprint density at radius 1 is 1.60 bits per heavy atom. The summed E-state index contributed by atoms with van der Waals surface area (Å²) in [7, 11) is -2.64. The Morgan fingerprint density at radius 2 is 2.30 bits per heavy atom. The third-order valence-corrected chi connectivity index (χ3v) is 8.27. The molecule has 1 aromatic rings. The molecule has 4 N–H and O–H groups in total. The number of imidazole rings is 1. The van der Waals surface area contributed by atoms with Crippen molar-refractivity contribution in [2.24, 2.45) is 5.73 Å². The lowest BCUT2D eigenvalue weighted by molar-refractivity contribution is -0.122. The highest BCUT2D eigenvalue weighted by molar-refractivity contribution is 6.77. The van der Waals surface area contributed by atoms with E-state index in [2.05, 4.69) is 41.5 Å². The third kappa shape index (κ3) is 6.99. The van der Waals surface area contributed by atoms with Crippen LogP contribution in [0, 0.1) is 0 Å². The van der Waals surface area contributed by atoms with Crippen molar-refractivity contribution in [2.45, 2.75) is 44.7 Å². The van der Waals surface area contributed by atoms with Gasteiger partial charge in [-0.25, -0.2) is 4.98 Å². The van der Waals surface area contributed by atoms with E-state index in [9.17, 15) is 4.79 Å². The number of amides is 1. The first-order chi connectivity index (χ1) is 9.28. The van der Waals surface area contributed by atoms with Gasteiger partial charge in [0.2, 0.25) is 5.91 Å². The van der Waals surface area contributed by atoms with E-state index in [-0.39, 0.29) is 5.91 Å². The van der Waals surface area contributed by atoms with Crippen LogP contribution in [0.3, 0.4) is 0 Å². The summed E-state index contributed by atoms with van der Waals surface area (Å²) in [5.74, 6) is -0.123. The van der Waals surface area contributed by atoms with Gasteiger partial charge in [-0.1, -0.05) is 0 Å². The van der Waals surface area contributed by atoms with Crippen LogP contribution < -0.4 is 11.1 Å². The van der Waals surface area contributed by atoms with Crippen LogP contribution in [0.15, 0.2) is 12.5 Å². The second-order valence-corrected chi connectivity index (χ2v) is 13.4. The summed E-state index contributed by atoms with van der Waals surface area (Å²) in [6.45, 7) is 9.39. The van der Waals surface area contributed by atoms with E-state index in [0.29, 0.717) is 13.0 Å². The number of nitrogens with two attached hydrogens (primary N) is 1. The van der Waals surface area contributed by atoms with Crippen molar-refractivity contribution in [3.05, 3.63) is 18.2 Å². The lowest BCUT2D eigenvalue weighted by Gasteiger charge is -2.23. The molecule has 1 rings (SSSR count). The molecule has 0 saturated heterocycles. The van der Waals surface area contributed by atoms with Gasteiger partial charge in [0.05, 0.1) is 18.1 Å². The molecule has 20 heavy (non-hydrogen) atoms. The molecule has 1 amide bonds. The van der Waals surface area contributed by atoms with E-state index in [1.54, 1.807) is 12.5 Å². The Bertz CT molecular complexity index is 406.